The van der Waals surface area contributed by atoms with Crippen molar-refractivity contribution in [2.75, 3.05) is 4.81 Å². The van der Waals surface area contributed by atoms with Crippen molar-refractivity contribution in [2.45, 2.75) is 34.0 Å². The molecule has 0 unspecified atom stereocenters. The fourth-order valence-electron chi connectivity index (χ4n) is 3.36. The molecule has 0 fully saturated rings. The second-order valence-electron chi connectivity index (χ2n) is 6.64. The van der Waals surface area contributed by atoms with E-state index >= 15 is 0 Å². The van der Waals surface area contributed by atoms with E-state index < -0.39 is 6.37 Å². The van der Waals surface area contributed by atoms with Crippen LogP contribution in [0.2, 0.25) is 6.82 Å². The summed E-state index contributed by atoms with van der Waals surface area (Å²) >= 11 is 0. The topological polar surface area (TPSA) is 7.12 Å². The van der Waals surface area contributed by atoms with Crippen LogP contribution in [0.25, 0.3) is 6.08 Å². The summed E-state index contributed by atoms with van der Waals surface area (Å²) in [5.41, 5.74) is 4.46. The molecule has 0 saturated carbocycles. The number of allylic oxidation sites excluding steroid dienone is 1. The Labute approximate surface area is 143 Å². The summed E-state index contributed by atoms with van der Waals surface area (Å²) in [4.78, 5) is 2.29. The first kappa shape index (κ1) is 13.4. The first-order valence-electron chi connectivity index (χ1n) is 9.30. The molecule has 0 spiro atoms. The zero-order valence-electron chi connectivity index (χ0n) is 16.7. The van der Waals surface area contributed by atoms with Crippen molar-refractivity contribution in [3.05, 3.63) is 59.4 Å². The fraction of sp³-hybridized carbons (Fsp3) is 0.350. The zero-order valence-corrected chi connectivity index (χ0v) is 14.7. The minimum Gasteiger partial charge on any atom is -0.290 e. The molecule has 1 aromatic heterocycles. The number of hydrogen-bond acceptors (Lipinski definition) is 1. The van der Waals surface area contributed by atoms with Crippen molar-refractivity contribution < 1.29 is 7.31 Å². The molecule has 2 aromatic rings. The van der Waals surface area contributed by atoms with Gasteiger partial charge in [0.15, 0.2) is 0 Å². The Balaban J connectivity index is 2.11. The van der Waals surface area contributed by atoms with Gasteiger partial charge in [-0.15, -0.1) is 0 Å². The first-order valence-corrected chi connectivity index (χ1v) is 8.30. The van der Waals surface area contributed by atoms with Crippen LogP contribution in [0.3, 0.4) is 0 Å². The molecular weight excluding hydrogens is 279 g/mol. The standard InChI is InChI=1S/C20H26BN2/c1-15(2)12-17-10-11-22(5)20(14-17)23-16(3)13-18-8-6-7-9-19(18)21(23)4/h6-11,13-15H,12H2,1-5H3/q+1/i12D2. The number of aromatic nitrogens is 1. The van der Waals surface area contributed by atoms with Crippen LogP contribution in [0.5, 0.6) is 0 Å². The van der Waals surface area contributed by atoms with E-state index in [1.165, 1.54) is 16.7 Å². The minimum atomic E-state index is -1.35. The number of benzene rings is 1. The average molecular weight is 307 g/mol. The van der Waals surface area contributed by atoms with E-state index in [2.05, 4.69) is 53.5 Å². The van der Waals surface area contributed by atoms with Crippen molar-refractivity contribution in [1.29, 1.82) is 0 Å². The van der Waals surface area contributed by atoms with Gasteiger partial charge in [0.2, 0.25) is 0 Å². The van der Waals surface area contributed by atoms with Crippen molar-refractivity contribution in [1.82, 2.24) is 0 Å². The van der Waals surface area contributed by atoms with Gasteiger partial charge in [-0.05, 0) is 54.8 Å². The van der Waals surface area contributed by atoms with Crippen molar-refractivity contribution in [3.63, 3.8) is 0 Å². The lowest BCUT2D eigenvalue weighted by atomic mass is 9.53. The summed E-state index contributed by atoms with van der Waals surface area (Å²) in [7, 11) is 2.02. The normalized spacial score (nSPS) is 16.0. The molecule has 0 saturated heterocycles. The van der Waals surface area contributed by atoms with Crippen LogP contribution in [0.15, 0.2) is 48.3 Å². The van der Waals surface area contributed by atoms with E-state index in [-0.39, 0.29) is 12.8 Å². The Hall–Kier alpha value is -2.03. The van der Waals surface area contributed by atoms with E-state index in [0.717, 1.165) is 11.4 Å². The van der Waals surface area contributed by atoms with Gasteiger partial charge in [-0.25, -0.2) is 4.57 Å². The SMILES string of the molecule is [2H]C([2H])(c1cc[n+](C)c(N2B(C)c3ccccc3C=C2C)c1)C(C)C. The van der Waals surface area contributed by atoms with Crippen LogP contribution in [0.4, 0.5) is 5.82 Å². The molecule has 0 aliphatic carbocycles. The van der Waals surface area contributed by atoms with Crippen LogP contribution in [-0.4, -0.2) is 6.85 Å². The third-order valence-corrected chi connectivity index (χ3v) is 4.40. The molecule has 0 bridgehead atoms. The third kappa shape index (κ3) is 3.05. The van der Waals surface area contributed by atoms with Gasteiger partial charge in [0.25, 0.3) is 5.82 Å². The van der Waals surface area contributed by atoms with Gasteiger partial charge >= 0.3 is 6.85 Å². The van der Waals surface area contributed by atoms with Crippen LogP contribution < -0.4 is 14.8 Å². The molecule has 1 aliphatic heterocycles. The van der Waals surface area contributed by atoms with E-state index in [1.54, 1.807) is 0 Å². The number of rotatable bonds is 3. The Bertz CT molecular complexity index is 830. The van der Waals surface area contributed by atoms with Crippen LogP contribution in [-0.2, 0) is 13.4 Å². The lowest BCUT2D eigenvalue weighted by molar-refractivity contribution is -0.658. The molecule has 1 aromatic carbocycles. The number of nitrogens with zero attached hydrogens (tertiary/aromatic N) is 2. The molecule has 0 radical (unpaired) electrons. The second kappa shape index (κ2) is 6.23. The monoisotopic (exact) mass is 307 g/mol. The third-order valence-electron chi connectivity index (χ3n) is 4.40. The quantitative estimate of drug-likeness (QED) is 0.622. The van der Waals surface area contributed by atoms with Gasteiger partial charge in [0.05, 0.1) is 18.9 Å². The summed E-state index contributed by atoms with van der Waals surface area (Å²) in [6.07, 6.45) is 2.82. The highest BCUT2D eigenvalue weighted by molar-refractivity contribution is 6.77. The van der Waals surface area contributed by atoms with Crippen LogP contribution >= 0.6 is 0 Å². The van der Waals surface area contributed by atoms with Gasteiger partial charge in [0, 0.05) is 8.81 Å². The Morgan fingerprint density at radius 1 is 1.26 bits per heavy atom. The number of hydrogen-bond donors (Lipinski definition) is 0. The predicted octanol–water partition coefficient (Wildman–Crippen LogP) is 3.42. The zero-order chi connectivity index (χ0) is 18.4. The highest BCUT2D eigenvalue weighted by Gasteiger charge is 2.36. The minimum absolute atomic E-state index is 0.0794. The van der Waals surface area contributed by atoms with Gasteiger partial charge < -0.3 is 0 Å². The summed E-state index contributed by atoms with van der Waals surface area (Å²) in [6, 6.07) is 12.4. The van der Waals surface area contributed by atoms with E-state index in [9.17, 15) is 0 Å². The Morgan fingerprint density at radius 2 is 2.00 bits per heavy atom. The molecule has 0 amide bonds. The Morgan fingerprint density at radius 3 is 2.74 bits per heavy atom. The molecule has 0 N–H and O–H groups in total. The molecule has 2 heterocycles. The molecule has 1 aliphatic rings. The molecular formula is C20H26BN2+. The largest absolute Gasteiger partial charge is 0.409 e. The lowest BCUT2D eigenvalue weighted by Gasteiger charge is -2.28. The van der Waals surface area contributed by atoms with E-state index in [1.807, 2.05) is 39.2 Å². The predicted molar refractivity (Wildman–Crippen MR) is 100.0 cm³/mol. The number of pyridine rings is 1. The van der Waals surface area contributed by atoms with Gasteiger partial charge in [-0.2, -0.15) is 0 Å². The Kier molecular flexibility index (Phi) is 3.63. The smallest absolute Gasteiger partial charge is 0.290 e. The van der Waals surface area contributed by atoms with Gasteiger partial charge in [0.1, 0.15) is 0 Å². The highest BCUT2D eigenvalue weighted by Crippen LogP contribution is 2.24. The van der Waals surface area contributed by atoms with Crippen molar-refractivity contribution in [3.8, 4) is 0 Å². The first-order chi connectivity index (χ1) is 11.7. The summed E-state index contributed by atoms with van der Waals surface area (Å²) in [5, 5.41) is 0. The van der Waals surface area contributed by atoms with E-state index in [4.69, 9.17) is 2.74 Å². The number of aryl methyl sites for hydroxylation is 1. The molecule has 2 nitrogen and oxygen atoms in total. The van der Waals surface area contributed by atoms with E-state index in [0.29, 0.717) is 0 Å². The lowest BCUT2D eigenvalue weighted by Crippen LogP contribution is -2.53. The maximum Gasteiger partial charge on any atom is 0.409 e. The molecule has 3 rings (SSSR count). The number of fused-ring (bicyclic) bond motifs is 1. The second-order valence-corrected chi connectivity index (χ2v) is 6.64. The van der Waals surface area contributed by atoms with Gasteiger partial charge in [-0.1, -0.05) is 38.1 Å². The summed E-state index contributed by atoms with van der Waals surface area (Å²) < 4.78 is 19.0. The maximum atomic E-state index is 8.45. The number of anilines is 1. The average Bonchev–Trinajstić information content (AvgIpc) is 2.56. The van der Waals surface area contributed by atoms with Crippen molar-refractivity contribution in [2.24, 2.45) is 13.0 Å². The molecule has 0 atom stereocenters. The van der Waals surface area contributed by atoms with Crippen LogP contribution in [0.1, 0.15) is 34.6 Å². The highest BCUT2D eigenvalue weighted by atomic mass is 15.2. The van der Waals surface area contributed by atoms with Crippen molar-refractivity contribution >= 4 is 24.2 Å². The molecule has 3 heteroatoms. The van der Waals surface area contributed by atoms with Gasteiger partial charge in [-0.3, -0.25) is 4.81 Å². The van der Waals surface area contributed by atoms with Crippen LogP contribution in [0, 0.1) is 5.92 Å². The summed E-state index contributed by atoms with van der Waals surface area (Å²) in [6.45, 7) is 8.39. The summed E-state index contributed by atoms with van der Waals surface area (Å²) in [5.74, 6) is 0.932. The molecule has 23 heavy (non-hydrogen) atoms. The molecule has 118 valence electrons. The maximum absolute atomic E-state index is 8.45. The fourth-order valence-corrected chi connectivity index (χ4v) is 3.36.